The fourth-order valence-electron chi connectivity index (χ4n) is 2.52. The van der Waals surface area contributed by atoms with Gasteiger partial charge in [-0.05, 0) is 37.8 Å². The second-order valence-corrected chi connectivity index (χ2v) is 4.82. The summed E-state index contributed by atoms with van der Waals surface area (Å²) in [6.07, 6.45) is 6.79. The van der Waals surface area contributed by atoms with E-state index in [2.05, 4.69) is 4.98 Å². The van der Waals surface area contributed by atoms with Gasteiger partial charge < -0.3 is 10.0 Å². The SMILES string of the molecule is O=C(O)CC[C@@H]1CCCCN1C(=O)c1ccncc1. The third-order valence-corrected chi connectivity index (χ3v) is 3.51. The van der Waals surface area contributed by atoms with Crippen LogP contribution in [0, 0.1) is 0 Å². The number of carboxylic acids is 1. The van der Waals surface area contributed by atoms with Crippen LogP contribution in [0.2, 0.25) is 0 Å². The standard InChI is InChI=1S/C14H18N2O3/c17-13(18)5-4-12-3-1-2-10-16(12)14(19)11-6-8-15-9-7-11/h6-9,12H,1-5,10H2,(H,17,18)/t12-/m0/s1. The van der Waals surface area contributed by atoms with Crippen LogP contribution >= 0.6 is 0 Å². The molecule has 0 aromatic carbocycles. The number of carbonyl (C=O) groups excluding carboxylic acids is 1. The van der Waals surface area contributed by atoms with E-state index in [1.807, 2.05) is 4.90 Å². The van der Waals surface area contributed by atoms with Crippen molar-refractivity contribution in [3.63, 3.8) is 0 Å². The molecule has 0 saturated carbocycles. The lowest BCUT2D eigenvalue weighted by Gasteiger charge is -2.35. The van der Waals surface area contributed by atoms with Gasteiger partial charge in [-0.25, -0.2) is 0 Å². The molecular formula is C14H18N2O3. The number of piperidine rings is 1. The van der Waals surface area contributed by atoms with E-state index >= 15 is 0 Å². The van der Waals surface area contributed by atoms with E-state index in [9.17, 15) is 9.59 Å². The summed E-state index contributed by atoms with van der Waals surface area (Å²) in [6, 6.07) is 3.45. The third-order valence-electron chi connectivity index (χ3n) is 3.51. The molecule has 0 unspecified atom stereocenters. The van der Waals surface area contributed by atoms with Gasteiger partial charge in [0.1, 0.15) is 0 Å². The van der Waals surface area contributed by atoms with Crippen molar-refractivity contribution in [2.24, 2.45) is 0 Å². The summed E-state index contributed by atoms with van der Waals surface area (Å²) in [6.45, 7) is 0.714. The Morgan fingerprint density at radius 3 is 2.74 bits per heavy atom. The maximum atomic E-state index is 12.4. The van der Waals surface area contributed by atoms with E-state index in [1.54, 1.807) is 24.5 Å². The monoisotopic (exact) mass is 262 g/mol. The highest BCUT2D eigenvalue weighted by Crippen LogP contribution is 2.22. The van der Waals surface area contributed by atoms with Crippen molar-refractivity contribution in [3.05, 3.63) is 30.1 Å². The minimum absolute atomic E-state index is 0.0162. The number of hydrogen-bond donors (Lipinski definition) is 1. The highest BCUT2D eigenvalue weighted by atomic mass is 16.4. The Morgan fingerprint density at radius 2 is 2.05 bits per heavy atom. The molecule has 102 valence electrons. The number of aromatic nitrogens is 1. The molecule has 5 nitrogen and oxygen atoms in total. The molecule has 1 aromatic heterocycles. The summed E-state index contributed by atoms with van der Waals surface area (Å²) in [5.41, 5.74) is 0.622. The molecule has 0 radical (unpaired) electrons. The Kier molecular flexibility index (Phi) is 4.49. The minimum Gasteiger partial charge on any atom is -0.481 e. The maximum absolute atomic E-state index is 12.4. The lowest BCUT2D eigenvalue weighted by Crippen LogP contribution is -2.43. The van der Waals surface area contributed by atoms with E-state index in [-0.39, 0.29) is 18.4 Å². The van der Waals surface area contributed by atoms with Gasteiger partial charge >= 0.3 is 5.97 Å². The van der Waals surface area contributed by atoms with Crippen LogP contribution in [0.1, 0.15) is 42.5 Å². The first-order valence-corrected chi connectivity index (χ1v) is 6.61. The zero-order valence-electron chi connectivity index (χ0n) is 10.8. The van der Waals surface area contributed by atoms with Crippen molar-refractivity contribution in [2.75, 3.05) is 6.54 Å². The summed E-state index contributed by atoms with van der Waals surface area (Å²) in [7, 11) is 0. The molecule has 2 rings (SSSR count). The number of hydrogen-bond acceptors (Lipinski definition) is 3. The van der Waals surface area contributed by atoms with Gasteiger partial charge in [-0.15, -0.1) is 0 Å². The number of pyridine rings is 1. The lowest BCUT2D eigenvalue weighted by molar-refractivity contribution is -0.137. The summed E-state index contributed by atoms with van der Waals surface area (Å²) in [4.78, 5) is 28.8. The molecular weight excluding hydrogens is 244 g/mol. The fourth-order valence-corrected chi connectivity index (χ4v) is 2.52. The zero-order chi connectivity index (χ0) is 13.7. The van der Waals surface area contributed by atoms with Crippen LogP contribution in [0.3, 0.4) is 0 Å². The molecule has 19 heavy (non-hydrogen) atoms. The first-order valence-electron chi connectivity index (χ1n) is 6.61. The Labute approximate surface area is 112 Å². The van der Waals surface area contributed by atoms with Crippen LogP contribution in [0.25, 0.3) is 0 Å². The number of rotatable bonds is 4. The van der Waals surface area contributed by atoms with Crippen molar-refractivity contribution in [3.8, 4) is 0 Å². The van der Waals surface area contributed by atoms with Gasteiger partial charge in [-0.1, -0.05) is 0 Å². The highest BCUT2D eigenvalue weighted by molar-refractivity contribution is 5.94. The quantitative estimate of drug-likeness (QED) is 0.900. The third kappa shape index (κ3) is 3.53. The van der Waals surface area contributed by atoms with Gasteiger partial charge in [-0.3, -0.25) is 14.6 Å². The van der Waals surface area contributed by atoms with Crippen LogP contribution in [0.15, 0.2) is 24.5 Å². The maximum Gasteiger partial charge on any atom is 0.303 e. The van der Waals surface area contributed by atoms with E-state index in [4.69, 9.17) is 5.11 Å². The molecule has 1 aliphatic heterocycles. The van der Waals surface area contributed by atoms with Gasteiger partial charge in [0.2, 0.25) is 0 Å². The predicted molar refractivity (Wildman–Crippen MR) is 69.8 cm³/mol. The molecule has 1 fully saturated rings. The molecule has 1 aromatic rings. The van der Waals surface area contributed by atoms with Crippen molar-refractivity contribution in [1.82, 2.24) is 9.88 Å². The number of aliphatic carboxylic acids is 1. The normalized spacial score (nSPS) is 19.2. The summed E-state index contributed by atoms with van der Waals surface area (Å²) in [5, 5.41) is 8.77. The number of nitrogens with zero attached hydrogens (tertiary/aromatic N) is 2. The number of likely N-dealkylation sites (tertiary alicyclic amines) is 1. The van der Waals surface area contributed by atoms with Crippen molar-refractivity contribution in [1.29, 1.82) is 0 Å². The second-order valence-electron chi connectivity index (χ2n) is 4.82. The number of amides is 1. The van der Waals surface area contributed by atoms with Crippen molar-refractivity contribution < 1.29 is 14.7 Å². The molecule has 1 saturated heterocycles. The highest BCUT2D eigenvalue weighted by Gasteiger charge is 2.27. The average molecular weight is 262 g/mol. The van der Waals surface area contributed by atoms with Crippen LogP contribution < -0.4 is 0 Å². The molecule has 2 heterocycles. The Hall–Kier alpha value is -1.91. The van der Waals surface area contributed by atoms with Gasteiger partial charge in [0.05, 0.1) is 0 Å². The topological polar surface area (TPSA) is 70.5 Å². The van der Waals surface area contributed by atoms with E-state index in [0.717, 1.165) is 19.3 Å². The number of carbonyl (C=O) groups is 2. The summed E-state index contributed by atoms with van der Waals surface area (Å²) >= 11 is 0. The lowest BCUT2D eigenvalue weighted by atomic mass is 9.97. The molecule has 1 atom stereocenters. The predicted octanol–water partition coefficient (Wildman–Crippen LogP) is 1.94. The fraction of sp³-hybridized carbons (Fsp3) is 0.500. The largest absolute Gasteiger partial charge is 0.481 e. The molecule has 0 bridgehead atoms. The van der Waals surface area contributed by atoms with E-state index in [0.29, 0.717) is 18.5 Å². The van der Waals surface area contributed by atoms with E-state index < -0.39 is 5.97 Å². The Morgan fingerprint density at radius 1 is 1.32 bits per heavy atom. The molecule has 5 heteroatoms. The Balaban J connectivity index is 2.06. The Bertz CT molecular complexity index is 447. The minimum atomic E-state index is -0.804. The van der Waals surface area contributed by atoms with Crippen LogP contribution in [0.4, 0.5) is 0 Å². The zero-order valence-corrected chi connectivity index (χ0v) is 10.8. The van der Waals surface area contributed by atoms with Gasteiger partial charge in [0.25, 0.3) is 5.91 Å². The van der Waals surface area contributed by atoms with Gasteiger partial charge in [-0.2, -0.15) is 0 Å². The molecule has 1 amide bonds. The van der Waals surface area contributed by atoms with Crippen molar-refractivity contribution >= 4 is 11.9 Å². The van der Waals surface area contributed by atoms with E-state index in [1.165, 1.54) is 0 Å². The van der Waals surface area contributed by atoms with Crippen LogP contribution in [-0.4, -0.2) is 39.5 Å². The smallest absolute Gasteiger partial charge is 0.303 e. The second kappa shape index (κ2) is 6.31. The van der Waals surface area contributed by atoms with Gasteiger partial charge in [0.15, 0.2) is 0 Å². The first kappa shape index (κ1) is 13.5. The van der Waals surface area contributed by atoms with Crippen molar-refractivity contribution in [2.45, 2.75) is 38.1 Å². The summed E-state index contributed by atoms with van der Waals surface area (Å²) in [5.74, 6) is -0.820. The number of carboxylic acid groups (broad SMARTS) is 1. The molecule has 0 spiro atoms. The molecule has 0 aliphatic carbocycles. The summed E-state index contributed by atoms with van der Waals surface area (Å²) < 4.78 is 0. The van der Waals surface area contributed by atoms with Crippen LogP contribution in [-0.2, 0) is 4.79 Å². The van der Waals surface area contributed by atoms with Crippen LogP contribution in [0.5, 0.6) is 0 Å². The first-order chi connectivity index (χ1) is 9.18. The molecule has 1 N–H and O–H groups in total. The average Bonchev–Trinajstić information content (AvgIpc) is 2.45. The van der Waals surface area contributed by atoms with Gasteiger partial charge in [0, 0.05) is 37.0 Å². The molecule has 1 aliphatic rings.